The van der Waals surface area contributed by atoms with Gasteiger partial charge in [0.1, 0.15) is 11.0 Å². The van der Waals surface area contributed by atoms with Crippen LogP contribution in [0.4, 0.5) is 0 Å². The standard InChI is InChI=1S/C15H16N4O4/c20-13(9-1-2-11-12(5-9)17-18-16-11)19-6-10-7-23-4-3-15(10,8-19)14(21)22/h1-2,5,10H,3-4,6-8H2,(H,21,22)(H,16,17,18)/t10-,15+/m0/s1. The van der Waals surface area contributed by atoms with E-state index >= 15 is 0 Å². The van der Waals surface area contributed by atoms with Crippen molar-refractivity contribution >= 4 is 22.9 Å². The highest BCUT2D eigenvalue weighted by atomic mass is 16.5. The fourth-order valence-corrected chi connectivity index (χ4v) is 3.61. The number of fused-ring (bicyclic) bond motifs is 2. The van der Waals surface area contributed by atoms with Crippen LogP contribution in [0.1, 0.15) is 16.8 Å². The van der Waals surface area contributed by atoms with Crippen LogP contribution in [0.25, 0.3) is 11.0 Å². The molecule has 0 saturated carbocycles. The Kier molecular flexibility index (Phi) is 3.08. The summed E-state index contributed by atoms with van der Waals surface area (Å²) in [5.74, 6) is -1.17. The predicted molar refractivity (Wildman–Crippen MR) is 78.8 cm³/mol. The van der Waals surface area contributed by atoms with Crippen molar-refractivity contribution in [3.8, 4) is 0 Å². The molecule has 2 fully saturated rings. The fraction of sp³-hybridized carbons (Fsp3) is 0.467. The van der Waals surface area contributed by atoms with Crippen molar-refractivity contribution in [3.05, 3.63) is 23.8 Å². The maximum absolute atomic E-state index is 12.8. The summed E-state index contributed by atoms with van der Waals surface area (Å²) in [6, 6.07) is 5.09. The molecule has 23 heavy (non-hydrogen) atoms. The van der Waals surface area contributed by atoms with Gasteiger partial charge in [0.15, 0.2) is 0 Å². The molecule has 8 heteroatoms. The number of aliphatic carboxylic acids is 1. The molecule has 2 N–H and O–H groups in total. The van der Waals surface area contributed by atoms with Crippen LogP contribution in [0.5, 0.6) is 0 Å². The topological polar surface area (TPSA) is 108 Å². The lowest BCUT2D eigenvalue weighted by atomic mass is 9.74. The number of ether oxygens (including phenoxy) is 1. The van der Waals surface area contributed by atoms with Gasteiger partial charge in [0, 0.05) is 31.2 Å². The number of rotatable bonds is 2. The number of nitrogens with zero attached hydrogens (tertiary/aromatic N) is 3. The van der Waals surface area contributed by atoms with Crippen LogP contribution in [-0.4, -0.2) is 63.6 Å². The van der Waals surface area contributed by atoms with Crippen LogP contribution in [0.2, 0.25) is 0 Å². The Morgan fingerprint density at radius 3 is 2.96 bits per heavy atom. The van der Waals surface area contributed by atoms with E-state index in [4.69, 9.17) is 4.74 Å². The lowest BCUT2D eigenvalue weighted by Gasteiger charge is -2.33. The van der Waals surface area contributed by atoms with Gasteiger partial charge in [-0.3, -0.25) is 9.59 Å². The molecule has 2 aliphatic heterocycles. The summed E-state index contributed by atoms with van der Waals surface area (Å²) < 4.78 is 5.42. The van der Waals surface area contributed by atoms with Crippen molar-refractivity contribution in [2.45, 2.75) is 6.42 Å². The molecule has 0 bridgehead atoms. The smallest absolute Gasteiger partial charge is 0.311 e. The van der Waals surface area contributed by atoms with Crippen molar-refractivity contribution in [3.63, 3.8) is 0 Å². The fourth-order valence-electron chi connectivity index (χ4n) is 3.61. The Morgan fingerprint density at radius 2 is 2.17 bits per heavy atom. The lowest BCUT2D eigenvalue weighted by molar-refractivity contribution is -0.157. The maximum Gasteiger partial charge on any atom is 0.311 e. The van der Waals surface area contributed by atoms with Gasteiger partial charge in [-0.15, -0.1) is 0 Å². The molecule has 0 unspecified atom stereocenters. The average molecular weight is 316 g/mol. The normalized spacial score (nSPS) is 27.1. The number of hydrogen-bond acceptors (Lipinski definition) is 5. The first-order valence-corrected chi connectivity index (χ1v) is 7.51. The van der Waals surface area contributed by atoms with E-state index in [1.807, 2.05) is 0 Å². The minimum absolute atomic E-state index is 0.159. The number of hydrogen-bond donors (Lipinski definition) is 2. The third kappa shape index (κ3) is 2.09. The number of likely N-dealkylation sites (tertiary alicyclic amines) is 1. The number of carboxylic acids is 1. The highest BCUT2D eigenvalue weighted by Crippen LogP contribution is 2.42. The van der Waals surface area contributed by atoms with Crippen molar-refractivity contribution in [2.24, 2.45) is 11.3 Å². The SMILES string of the molecule is O=C(c1ccc2n[nH]nc2c1)N1C[C@H]2COCC[C@@]2(C(=O)O)C1. The first-order chi connectivity index (χ1) is 11.1. The van der Waals surface area contributed by atoms with Crippen LogP contribution in [-0.2, 0) is 9.53 Å². The molecule has 8 nitrogen and oxygen atoms in total. The van der Waals surface area contributed by atoms with E-state index in [9.17, 15) is 14.7 Å². The number of amides is 1. The molecule has 0 spiro atoms. The van der Waals surface area contributed by atoms with Crippen molar-refractivity contribution in [1.29, 1.82) is 0 Å². The zero-order chi connectivity index (χ0) is 16.0. The summed E-state index contributed by atoms with van der Waals surface area (Å²) in [5.41, 5.74) is 0.911. The highest BCUT2D eigenvalue weighted by Gasteiger charge is 2.54. The van der Waals surface area contributed by atoms with Gasteiger partial charge in [0.25, 0.3) is 5.91 Å². The van der Waals surface area contributed by atoms with Crippen molar-refractivity contribution in [1.82, 2.24) is 20.3 Å². The lowest BCUT2D eigenvalue weighted by Crippen LogP contribution is -2.45. The van der Waals surface area contributed by atoms with Gasteiger partial charge in [0.05, 0.1) is 12.0 Å². The summed E-state index contributed by atoms with van der Waals surface area (Å²) in [5, 5.41) is 20.1. The van der Waals surface area contributed by atoms with Crippen LogP contribution in [0.3, 0.4) is 0 Å². The Balaban J connectivity index is 1.63. The maximum atomic E-state index is 12.8. The third-order valence-electron chi connectivity index (χ3n) is 4.98. The summed E-state index contributed by atoms with van der Waals surface area (Å²) in [7, 11) is 0. The molecule has 0 radical (unpaired) electrons. The van der Waals surface area contributed by atoms with E-state index in [0.717, 1.165) is 0 Å². The molecule has 2 aromatic rings. The second-order valence-electron chi connectivity index (χ2n) is 6.20. The van der Waals surface area contributed by atoms with Crippen molar-refractivity contribution < 1.29 is 19.4 Å². The minimum Gasteiger partial charge on any atom is -0.481 e. The third-order valence-corrected chi connectivity index (χ3v) is 4.98. The average Bonchev–Trinajstić information content (AvgIpc) is 3.18. The molecule has 2 aliphatic rings. The number of H-pyrrole nitrogens is 1. The predicted octanol–water partition coefficient (Wildman–Crippen LogP) is 0.521. The summed E-state index contributed by atoms with van der Waals surface area (Å²) >= 11 is 0. The number of nitrogens with one attached hydrogen (secondary N) is 1. The van der Waals surface area contributed by atoms with Gasteiger partial charge >= 0.3 is 5.97 Å². The molecule has 0 aliphatic carbocycles. The van der Waals surface area contributed by atoms with Crippen LogP contribution >= 0.6 is 0 Å². The minimum atomic E-state index is -0.883. The molecule has 120 valence electrons. The van der Waals surface area contributed by atoms with E-state index in [1.165, 1.54) is 0 Å². The van der Waals surface area contributed by atoms with Gasteiger partial charge in [-0.2, -0.15) is 15.4 Å². The van der Waals surface area contributed by atoms with Gasteiger partial charge in [-0.1, -0.05) is 0 Å². The molecule has 1 amide bonds. The molecular weight excluding hydrogens is 300 g/mol. The second kappa shape index (κ2) is 5.02. The molecule has 1 aromatic carbocycles. The first kappa shape index (κ1) is 14.1. The van der Waals surface area contributed by atoms with Crippen molar-refractivity contribution in [2.75, 3.05) is 26.3 Å². The Hall–Kier alpha value is -2.48. The summed E-state index contributed by atoms with van der Waals surface area (Å²) in [4.78, 5) is 26.2. The molecule has 1 aromatic heterocycles. The number of benzene rings is 1. The summed E-state index contributed by atoms with van der Waals surface area (Å²) in [6.07, 6.45) is 0.444. The van der Waals surface area contributed by atoms with E-state index in [2.05, 4.69) is 15.4 Å². The van der Waals surface area contributed by atoms with Crippen LogP contribution < -0.4 is 0 Å². The monoisotopic (exact) mass is 316 g/mol. The number of carbonyl (C=O) groups is 2. The number of carbonyl (C=O) groups excluding carboxylic acids is 1. The molecule has 2 atom stereocenters. The largest absolute Gasteiger partial charge is 0.481 e. The number of aromatic amines is 1. The number of aromatic nitrogens is 3. The summed E-state index contributed by atoms with van der Waals surface area (Å²) in [6.45, 7) is 1.45. The van der Waals surface area contributed by atoms with Gasteiger partial charge in [-0.25, -0.2) is 0 Å². The molecule has 4 rings (SSSR count). The second-order valence-corrected chi connectivity index (χ2v) is 6.20. The number of carboxylic acid groups (broad SMARTS) is 1. The van der Waals surface area contributed by atoms with E-state index in [-0.39, 0.29) is 18.4 Å². The van der Waals surface area contributed by atoms with Gasteiger partial charge < -0.3 is 14.7 Å². The van der Waals surface area contributed by atoms with Crippen LogP contribution in [0.15, 0.2) is 18.2 Å². The highest BCUT2D eigenvalue weighted by molar-refractivity contribution is 5.98. The molecule has 2 saturated heterocycles. The van der Waals surface area contributed by atoms with E-state index in [1.54, 1.807) is 23.1 Å². The first-order valence-electron chi connectivity index (χ1n) is 7.51. The zero-order valence-electron chi connectivity index (χ0n) is 12.4. The van der Waals surface area contributed by atoms with Gasteiger partial charge in [-0.05, 0) is 24.6 Å². The van der Waals surface area contributed by atoms with Gasteiger partial charge in [0.2, 0.25) is 0 Å². The molecule has 3 heterocycles. The van der Waals surface area contributed by atoms with E-state index in [0.29, 0.717) is 42.8 Å². The Labute approximate surface area is 131 Å². The zero-order valence-corrected chi connectivity index (χ0v) is 12.4. The quantitative estimate of drug-likeness (QED) is 0.836. The Morgan fingerprint density at radius 1 is 1.35 bits per heavy atom. The Bertz CT molecular complexity index is 789. The van der Waals surface area contributed by atoms with E-state index < -0.39 is 11.4 Å². The molecular formula is C15H16N4O4. The van der Waals surface area contributed by atoms with Crippen LogP contribution in [0, 0.1) is 11.3 Å².